The van der Waals surface area contributed by atoms with E-state index in [1.54, 1.807) is 0 Å². The van der Waals surface area contributed by atoms with Crippen molar-refractivity contribution in [2.45, 2.75) is 322 Å². The lowest BCUT2D eigenvalue weighted by atomic mass is 10.0. The molecule has 0 aliphatic rings. The number of carboxylic acid groups (broad SMARTS) is 1. The fraction of sp³-hybridized carbons (Fsp3) is 0.950. The molecule has 0 aliphatic carbocycles. The van der Waals surface area contributed by atoms with Crippen LogP contribution in [0.2, 0.25) is 0 Å². The highest BCUT2D eigenvalue weighted by atomic mass is 16.7. The standard InChI is InChI=1S/C60H117NO8/c1-6-8-10-12-14-16-18-20-21-22-23-24-25-26-27-28-29-30-31-32-33-34-35-36-37-39-41-43-45-47-49-51-58(63)69-56(55-68-60(59(64)65)66-53-52-61(3,4)5)54-67-57(62)50-48-46-44-42-40-38-19-17-15-13-11-9-7-2/h56,60H,6-55H2,1-5H3. The fourth-order valence-electron chi connectivity index (χ4n) is 9.19. The van der Waals surface area contributed by atoms with Crippen LogP contribution in [0.3, 0.4) is 0 Å². The summed E-state index contributed by atoms with van der Waals surface area (Å²) in [5.41, 5.74) is 0. The minimum absolute atomic E-state index is 0.153. The number of unbranched alkanes of at least 4 members (excludes halogenated alkanes) is 42. The number of likely N-dealkylation sites (N-methyl/N-ethyl adjacent to an activating group) is 1. The van der Waals surface area contributed by atoms with Crippen molar-refractivity contribution in [2.24, 2.45) is 0 Å². The lowest BCUT2D eigenvalue weighted by molar-refractivity contribution is -0.870. The molecule has 0 fully saturated rings. The summed E-state index contributed by atoms with van der Waals surface area (Å²) >= 11 is 0. The zero-order valence-corrected chi connectivity index (χ0v) is 46.7. The molecule has 0 aromatic rings. The molecule has 9 nitrogen and oxygen atoms in total. The van der Waals surface area contributed by atoms with Crippen molar-refractivity contribution in [1.82, 2.24) is 0 Å². The number of hydrogen-bond donors (Lipinski definition) is 0. The number of carboxylic acids is 1. The second-order valence-electron chi connectivity index (χ2n) is 22.0. The summed E-state index contributed by atoms with van der Waals surface area (Å²) in [5.74, 6) is -2.25. The van der Waals surface area contributed by atoms with Gasteiger partial charge in [-0.1, -0.05) is 284 Å². The van der Waals surface area contributed by atoms with E-state index in [1.807, 2.05) is 21.1 Å². The summed E-state index contributed by atoms with van der Waals surface area (Å²) in [4.78, 5) is 37.2. The maximum absolute atomic E-state index is 12.8. The number of carbonyl (C=O) groups is 3. The van der Waals surface area contributed by atoms with E-state index >= 15 is 0 Å². The largest absolute Gasteiger partial charge is 0.545 e. The Morgan fingerprint density at radius 2 is 0.652 bits per heavy atom. The van der Waals surface area contributed by atoms with Gasteiger partial charge in [0, 0.05) is 12.8 Å². The van der Waals surface area contributed by atoms with Crippen LogP contribution in [-0.4, -0.2) is 82.3 Å². The van der Waals surface area contributed by atoms with Gasteiger partial charge in [0.05, 0.1) is 40.3 Å². The van der Waals surface area contributed by atoms with Gasteiger partial charge in [-0.2, -0.15) is 0 Å². The van der Waals surface area contributed by atoms with E-state index in [4.69, 9.17) is 18.9 Å². The molecule has 0 N–H and O–H groups in total. The van der Waals surface area contributed by atoms with Crippen molar-refractivity contribution < 1.29 is 42.9 Å². The molecule has 0 bridgehead atoms. The van der Waals surface area contributed by atoms with Gasteiger partial charge in [0.25, 0.3) is 0 Å². The van der Waals surface area contributed by atoms with Crippen LogP contribution >= 0.6 is 0 Å². The number of nitrogens with zero attached hydrogens (tertiary/aromatic N) is 1. The molecule has 2 unspecified atom stereocenters. The molecule has 0 radical (unpaired) electrons. The lowest BCUT2D eigenvalue weighted by Crippen LogP contribution is -2.44. The summed E-state index contributed by atoms with van der Waals surface area (Å²) < 4.78 is 22.7. The highest BCUT2D eigenvalue weighted by molar-refractivity contribution is 5.70. The molecule has 410 valence electrons. The number of ether oxygens (including phenoxy) is 4. The van der Waals surface area contributed by atoms with Gasteiger partial charge in [0.2, 0.25) is 0 Å². The van der Waals surface area contributed by atoms with Crippen LogP contribution in [0.15, 0.2) is 0 Å². The quantitative estimate of drug-likeness (QED) is 0.0256. The average molecular weight is 981 g/mol. The summed E-state index contributed by atoms with van der Waals surface area (Å²) in [5, 5.41) is 11.8. The van der Waals surface area contributed by atoms with Crippen molar-refractivity contribution >= 4 is 17.9 Å². The van der Waals surface area contributed by atoms with Crippen LogP contribution in [0.25, 0.3) is 0 Å². The molecule has 0 aliphatic heterocycles. The molecule has 0 saturated carbocycles. The predicted octanol–water partition coefficient (Wildman–Crippen LogP) is 16.2. The van der Waals surface area contributed by atoms with Crippen LogP contribution < -0.4 is 5.11 Å². The van der Waals surface area contributed by atoms with Gasteiger partial charge in [-0.05, 0) is 12.8 Å². The first-order chi connectivity index (χ1) is 33.6. The Balaban J connectivity index is 4.02. The molecule has 0 heterocycles. The highest BCUT2D eigenvalue weighted by Gasteiger charge is 2.22. The van der Waals surface area contributed by atoms with Crippen LogP contribution in [0, 0.1) is 0 Å². The van der Waals surface area contributed by atoms with Gasteiger partial charge >= 0.3 is 11.9 Å². The van der Waals surface area contributed by atoms with E-state index in [2.05, 4.69) is 13.8 Å². The van der Waals surface area contributed by atoms with E-state index in [9.17, 15) is 19.5 Å². The summed E-state index contributed by atoms with van der Waals surface area (Å²) in [6.07, 6.45) is 56.0. The number of hydrogen-bond acceptors (Lipinski definition) is 8. The van der Waals surface area contributed by atoms with Crippen LogP contribution in [0.1, 0.15) is 309 Å². The van der Waals surface area contributed by atoms with Gasteiger partial charge in [-0.3, -0.25) is 9.59 Å². The zero-order valence-electron chi connectivity index (χ0n) is 46.7. The number of quaternary nitrogens is 1. The summed E-state index contributed by atoms with van der Waals surface area (Å²) in [7, 11) is 5.93. The number of carbonyl (C=O) groups excluding carboxylic acids is 3. The SMILES string of the molecule is CCCCCCCCCCCCCCCCCCCCCCCCCCCCCCCCCC(=O)OC(COC(=O)CCCCCCCCCCCCCCC)COC(OCC[N+](C)(C)C)C(=O)[O-]. The van der Waals surface area contributed by atoms with Crippen LogP contribution in [0.4, 0.5) is 0 Å². The van der Waals surface area contributed by atoms with E-state index < -0.39 is 24.3 Å². The van der Waals surface area contributed by atoms with Crippen molar-refractivity contribution in [3.63, 3.8) is 0 Å². The van der Waals surface area contributed by atoms with Crippen molar-refractivity contribution in [3.8, 4) is 0 Å². The monoisotopic (exact) mass is 980 g/mol. The minimum atomic E-state index is -1.61. The first-order valence-corrected chi connectivity index (χ1v) is 30.2. The van der Waals surface area contributed by atoms with Crippen LogP contribution in [0.5, 0.6) is 0 Å². The third-order valence-corrected chi connectivity index (χ3v) is 13.9. The number of aliphatic carboxylic acids is 1. The molecule has 0 rings (SSSR count). The van der Waals surface area contributed by atoms with Gasteiger partial charge in [0.15, 0.2) is 12.4 Å². The second-order valence-corrected chi connectivity index (χ2v) is 22.0. The van der Waals surface area contributed by atoms with E-state index in [-0.39, 0.29) is 32.2 Å². The molecule has 69 heavy (non-hydrogen) atoms. The highest BCUT2D eigenvalue weighted by Crippen LogP contribution is 2.18. The molecule has 0 spiro atoms. The molecule has 0 aromatic carbocycles. The smallest absolute Gasteiger partial charge is 0.306 e. The van der Waals surface area contributed by atoms with Crippen molar-refractivity contribution in [3.05, 3.63) is 0 Å². The third kappa shape index (κ3) is 53.9. The molecule has 0 saturated heterocycles. The van der Waals surface area contributed by atoms with Crippen molar-refractivity contribution in [2.75, 3.05) is 47.5 Å². The molecular formula is C60H117NO8. The summed E-state index contributed by atoms with van der Waals surface area (Å²) in [6, 6.07) is 0. The second kappa shape index (κ2) is 52.6. The summed E-state index contributed by atoms with van der Waals surface area (Å²) in [6.45, 7) is 4.81. The Morgan fingerprint density at radius 1 is 0.377 bits per heavy atom. The first-order valence-electron chi connectivity index (χ1n) is 30.2. The van der Waals surface area contributed by atoms with E-state index in [1.165, 1.54) is 244 Å². The van der Waals surface area contributed by atoms with E-state index in [0.717, 1.165) is 38.5 Å². The van der Waals surface area contributed by atoms with Gasteiger partial charge in [-0.25, -0.2) is 0 Å². The molecule has 2 atom stereocenters. The van der Waals surface area contributed by atoms with E-state index in [0.29, 0.717) is 17.4 Å². The molecule has 0 amide bonds. The Morgan fingerprint density at radius 3 is 0.928 bits per heavy atom. The van der Waals surface area contributed by atoms with Gasteiger partial charge < -0.3 is 33.3 Å². The molecule has 9 heteroatoms. The Bertz CT molecular complexity index is 1100. The Hall–Kier alpha value is -1.71. The number of rotatable bonds is 57. The first kappa shape index (κ1) is 67.3. The maximum Gasteiger partial charge on any atom is 0.306 e. The predicted molar refractivity (Wildman–Crippen MR) is 288 cm³/mol. The Kier molecular flexibility index (Phi) is 51.3. The average Bonchev–Trinajstić information content (AvgIpc) is 3.31. The number of esters is 2. The van der Waals surface area contributed by atoms with Crippen LogP contribution in [-0.2, 0) is 33.3 Å². The Labute approximate surface area is 428 Å². The van der Waals surface area contributed by atoms with Gasteiger partial charge in [0.1, 0.15) is 13.2 Å². The fourth-order valence-corrected chi connectivity index (χ4v) is 9.19. The van der Waals surface area contributed by atoms with Crippen molar-refractivity contribution in [1.29, 1.82) is 0 Å². The van der Waals surface area contributed by atoms with Gasteiger partial charge in [-0.15, -0.1) is 0 Å². The molecular weight excluding hydrogens is 863 g/mol. The minimum Gasteiger partial charge on any atom is -0.545 e. The zero-order chi connectivity index (χ0) is 50.6. The maximum atomic E-state index is 12.8. The normalized spacial score (nSPS) is 12.7. The molecule has 0 aromatic heterocycles. The third-order valence-electron chi connectivity index (χ3n) is 13.9. The lowest BCUT2D eigenvalue weighted by Gasteiger charge is -2.26. The topological polar surface area (TPSA) is 111 Å².